The highest BCUT2D eigenvalue weighted by atomic mass is 79.9. The van der Waals surface area contributed by atoms with Crippen molar-refractivity contribution in [3.8, 4) is 23.0 Å². The number of methoxy groups -OCH3 is 1. The van der Waals surface area contributed by atoms with Crippen LogP contribution in [0.3, 0.4) is 0 Å². The molecule has 2 aromatic carbocycles. The Hall–Kier alpha value is -3.26. The second-order valence-corrected chi connectivity index (χ2v) is 6.89. The zero-order valence-corrected chi connectivity index (χ0v) is 17.0. The molecule has 0 saturated carbocycles. The molecule has 0 spiro atoms. The molecule has 8 heteroatoms. The van der Waals surface area contributed by atoms with Crippen LogP contribution in [0, 0.1) is 0 Å². The monoisotopic (exact) mass is 457 g/mol. The van der Waals surface area contributed by atoms with E-state index in [0.29, 0.717) is 45.2 Å². The van der Waals surface area contributed by atoms with Gasteiger partial charge in [0.05, 0.1) is 11.6 Å². The molecule has 0 radical (unpaired) electrons. The van der Waals surface area contributed by atoms with Crippen molar-refractivity contribution in [3.63, 3.8) is 0 Å². The maximum absolute atomic E-state index is 12.3. The van der Waals surface area contributed by atoms with Crippen molar-refractivity contribution in [2.24, 2.45) is 4.99 Å². The first-order valence-electron chi connectivity index (χ1n) is 8.63. The average Bonchev–Trinajstić information content (AvgIpc) is 3.33. The number of ether oxygens (including phenoxy) is 5. The van der Waals surface area contributed by atoms with Gasteiger partial charge in [0.2, 0.25) is 12.7 Å². The summed E-state index contributed by atoms with van der Waals surface area (Å²) in [4.78, 5) is 16.6. The molecule has 148 valence electrons. The van der Waals surface area contributed by atoms with Gasteiger partial charge in [-0.2, -0.15) is 0 Å². The van der Waals surface area contributed by atoms with E-state index in [4.69, 9.17) is 23.7 Å². The lowest BCUT2D eigenvalue weighted by Gasteiger charge is -2.12. The lowest BCUT2D eigenvalue weighted by Crippen LogP contribution is -2.05. The molecule has 2 aliphatic rings. The van der Waals surface area contributed by atoms with Gasteiger partial charge in [0.25, 0.3) is 0 Å². The minimum Gasteiger partial charge on any atom is -0.493 e. The number of aliphatic imine (C=N–C) groups is 1. The van der Waals surface area contributed by atoms with Crippen LogP contribution in [0.5, 0.6) is 23.0 Å². The molecule has 0 amide bonds. The van der Waals surface area contributed by atoms with Gasteiger partial charge in [-0.05, 0) is 57.9 Å². The normalized spacial score (nSPS) is 15.9. The van der Waals surface area contributed by atoms with Crippen molar-refractivity contribution in [1.82, 2.24) is 0 Å². The summed E-state index contributed by atoms with van der Waals surface area (Å²) in [5.74, 6) is 1.95. The summed E-state index contributed by atoms with van der Waals surface area (Å²) in [6.07, 6.45) is 3.26. The third-order valence-corrected chi connectivity index (χ3v) is 4.73. The molecule has 29 heavy (non-hydrogen) atoms. The van der Waals surface area contributed by atoms with Crippen LogP contribution >= 0.6 is 15.9 Å². The Morgan fingerprint density at radius 1 is 1.24 bits per heavy atom. The van der Waals surface area contributed by atoms with Gasteiger partial charge in [0, 0.05) is 5.56 Å². The molecule has 2 aliphatic heterocycles. The van der Waals surface area contributed by atoms with E-state index in [1.165, 1.54) is 0 Å². The van der Waals surface area contributed by atoms with Gasteiger partial charge in [0.1, 0.15) is 6.61 Å². The smallest absolute Gasteiger partial charge is 0.363 e. The van der Waals surface area contributed by atoms with Crippen LogP contribution in [-0.4, -0.2) is 32.4 Å². The Labute approximate surface area is 175 Å². The van der Waals surface area contributed by atoms with E-state index in [0.717, 1.165) is 0 Å². The molecule has 2 aromatic rings. The Balaban J connectivity index is 1.65. The SMILES string of the molecule is C=CCOc1c(Br)cc(C=C2N=C(c3ccc4c(c3)OCO4)OC2=O)cc1OC. The third-order valence-electron chi connectivity index (χ3n) is 4.14. The number of esters is 1. The summed E-state index contributed by atoms with van der Waals surface area (Å²) in [6.45, 7) is 4.14. The number of carbonyl (C=O) groups excluding carboxylic acids is 1. The number of carbonyl (C=O) groups is 1. The van der Waals surface area contributed by atoms with E-state index in [-0.39, 0.29) is 18.4 Å². The van der Waals surface area contributed by atoms with Gasteiger partial charge in [-0.1, -0.05) is 12.7 Å². The highest BCUT2D eigenvalue weighted by Crippen LogP contribution is 2.38. The Bertz CT molecular complexity index is 1060. The number of cyclic esters (lactones) is 1. The summed E-state index contributed by atoms with van der Waals surface area (Å²) < 4.78 is 27.7. The van der Waals surface area contributed by atoms with Crippen molar-refractivity contribution >= 4 is 33.9 Å². The van der Waals surface area contributed by atoms with Crippen LogP contribution in [-0.2, 0) is 9.53 Å². The van der Waals surface area contributed by atoms with Gasteiger partial charge < -0.3 is 23.7 Å². The summed E-state index contributed by atoms with van der Waals surface area (Å²) in [7, 11) is 1.54. The fourth-order valence-electron chi connectivity index (χ4n) is 2.83. The van der Waals surface area contributed by atoms with Crippen molar-refractivity contribution in [1.29, 1.82) is 0 Å². The van der Waals surface area contributed by atoms with Crippen LogP contribution in [0.1, 0.15) is 11.1 Å². The highest BCUT2D eigenvalue weighted by Gasteiger charge is 2.26. The van der Waals surface area contributed by atoms with Crippen LogP contribution in [0.15, 0.2) is 58.1 Å². The average molecular weight is 458 g/mol. The van der Waals surface area contributed by atoms with Crippen LogP contribution < -0.4 is 18.9 Å². The molecule has 0 N–H and O–H groups in total. The number of hydrogen-bond donors (Lipinski definition) is 0. The Morgan fingerprint density at radius 3 is 2.86 bits per heavy atom. The highest BCUT2D eigenvalue weighted by molar-refractivity contribution is 9.10. The fourth-order valence-corrected chi connectivity index (χ4v) is 3.40. The maximum atomic E-state index is 12.3. The third kappa shape index (κ3) is 3.84. The minimum absolute atomic E-state index is 0.166. The van der Waals surface area contributed by atoms with Gasteiger partial charge >= 0.3 is 5.97 Å². The fraction of sp³-hybridized carbons (Fsp3) is 0.143. The van der Waals surface area contributed by atoms with E-state index < -0.39 is 5.97 Å². The van der Waals surface area contributed by atoms with E-state index in [1.807, 2.05) is 0 Å². The standard InChI is InChI=1S/C21H16BrNO6/c1-3-6-26-19-14(22)7-12(9-18(19)25-2)8-15-21(24)29-20(23-15)13-4-5-16-17(10-13)28-11-27-16/h3-5,7-10H,1,6,11H2,2H3. The van der Waals surface area contributed by atoms with Crippen LogP contribution in [0.4, 0.5) is 0 Å². The zero-order chi connectivity index (χ0) is 20.4. The second-order valence-electron chi connectivity index (χ2n) is 6.04. The van der Waals surface area contributed by atoms with Crippen molar-refractivity contribution in [3.05, 3.63) is 64.3 Å². The van der Waals surface area contributed by atoms with E-state index in [1.54, 1.807) is 49.6 Å². The van der Waals surface area contributed by atoms with Crippen molar-refractivity contribution in [2.75, 3.05) is 20.5 Å². The van der Waals surface area contributed by atoms with Gasteiger partial charge in [-0.15, -0.1) is 0 Å². The first kappa shape index (κ1) is 19.1. The summed E-state index contributed by atoms with van der Waals surface area (Å²) in [5.41, 5.74) is 1.49. The van der Waals surface area contributed by atoms with Crippen molar-refractivity contribution < 1.29 is 28.5 Å². The number of rotatable bonds is 6. The maximum Gasteiger partial charge on any atom is 0.363 e. The molecule has 0 fully saturated rings. The predicted octanol–water partition coefficient (Wildman–Crippen LogP) is 4.10. The molecular weight excluding hydrogens is 442 g/mol. The lowest BCUT2D eigenvalue weighted by atomic mass is 10.1. The van der Waals surface area contributed by atoms with E-state index in [9.17, 15) is 4.79 Å². The number of hydrogen-bond acceptors (Lipinski definition) is 7. The molecule has 4 rings (SSSR count). The minimum atomic E-state index is -0.542. The molecule has 0 bridgehead atoms. The molecule has 0 unspecified atom stereocenters. The summed E-state index contributed by atoms with van der Waals surface area (Å²) in [5, 5.41) is 0. The second kappa shape index (κ2) is 8.00. The van der Waals surface area contributed by atoms with E-state index in [2.05, 4.69) is 27.5 Å². The molecule has 0 atom stereocenters. The molecular formula is C21H16BrNO6. The molecule has 0 aliphatic carbocycles. The molecule has 7 nitrogen and oxygen atoms in total. The number of halogens is 1. The molecule has 2 heterocycles. The number of nitrogens with zero attached hydrogens (tertiary/aromatic N) is 1. The quantitative estimate of drug-likeness (QED) is 0.369. The van der Waals surface area contributed by atoms with E-state index >= 15 is 0 Å². The topological polar surface area (TPSA) is 75.6 Å². The Kier molecular flexibility index (Phi) is 5.26. The van der Waals surface area contributed by atoms with Crippen LogP contribution in [0.2, 0.25) is 0 Å². The Morgan fingerprint density at radius 2 is 2.07 bits per heavy atom. The summed E-state index contributed by atoms with van der Waals surface area (Å²) in [6, 6.07) is 8.78. The van der Waals surface area contributed by atoms with Gasteiger partial charge in [0.15, 0.2) is 28.7 Å². The first-order chi connectivity index (χ1) is 14.1. The van der Waals surface area contributed by atoms with Gasteiger partial charge in [-0.25, -0.2) is 9.79 Å². The summed E-state index contributed by atoms with van der Waals surface area (Å²) >= 11 is 3.46. The molecule has 0 aromatic heterocycles. The lowest BCUT2D eigenvalue weighted by molar-refractivity contribution is -0.129. The zero-order valence-electron chi connectivity index (χ0n) is 15.4. The number of fused-ring (bicyclic) bond motifs is 1. The number of benzene rings is 2. The molecule has 0 saturated heterocycles. The predicted molar refractivity (Wildman–Crippen MR) is 110 cm³/mol. The van der Waals surface area contributed by atoms with Crippen LogP contribution in [0.25, 0.3) is 6.08 Å². The van der Waals surface area contributed by atoms with Gasteiger partial charge in [-0.3, -0.25) is 0 Å². The first-order valence-corrected chi connectivity index (χ1v) is 9.42. The largest absolute Gasteiger partial charge is 0.493 e. The van der Waals surface area contributed by atoms with Crippen molar-refractivity contribution in [2.45, 2.75) is 0 Å².